The van der Waals surface area contributed by atoms with Crippen LogP contribution in [0.1, 0.15) is 30.1 Å². The lowest BCUT2D eigenvalue weighted by Gasteiger charge is -2.21. The molecule has 1 fully saturated rings. The number of hydrogen-bond donors (Lipinski definition) is 2. The Bertz CT molecular complexity index is 470. The molecule has 5 heteroatoms. The number of nitrogens with one attached hydrogen (secondary N) is 1. The van der Waals surface area contributed by atoms with E-state index < -0.39 is 0 Å². The summed E-state index contributed by atoms with van der Waals surface area (Å²) in [4.78, 5) is 25.6. The molecule has 0 saturated carbocycles. The zero-order chi connectivity index (χ0) is 13.8. The van der Waals surface area contributed by atoms with Gasteiger partial charge in [-0.1, -0.05) is 0 Å². The SMILES string of the molecule is CC1CCCN1C(=O)CNC(=O)c1ccc(N)cc1. The minimum atomic E-state index is -0.250. The van der Waals surface area contributed by atoms with Gasteiger partial charge < -0.3 is 16.0 Å². The predicted molar refractivity (Wildman–Crippen MR) is 73.6 cm³/mol. The molecule has 1 aromatic carbocycles. The minimum Gasteiger partial charge on any atom is -0.399 e. The summed E-state index contributed by atoms with van der Waals surface area (Å²) >= 11 is 0. The molecule has 102 valence electrons. The highest BCUT2D eigenvalue weighted by molar-refractivity contribution is 5.96. The highest BCUT2D eigenvalue weighted by atomic mass is 16.2. The second-order valence-electron chi connectivity index (χ2n) is 4.88. The first-order valence-corrected chi connectivity index (χ1v) is 6.51. The first-order chi connectivity index (χ1) is 9.08. The fourth-order valence-electron chi connectivity index (χ4n) is 2.30. The van der Waals surface area contributed by atoms with Gasteiger partial charge in [0.1, 0.15) is 0 Å². The Morgan fingerprint density at radius 2 is 2.05 bits per heavy atom. The Hall–Kier alpha value is -2.04. The molecule has 5 nitrogen and oxygen atoms in total. The van der Waals surface area contributed by atoms with E-state index in [0.29, 0.717) is 11.3 Å². The Morgan fingerprint density at radius 1 is 1.37 bits per heavy atom. The summed E-state index contributed by atoms with van der Waals surface area (Å²) in [7, 11) is 0. The van der Waals surface area contributed by atoms with E-state index in [-0.39, 0.29) is 24.4 Å². The number of amides is 2. The number of likely N-dealkylation sites (tertiary alicyclic amines) is 1. The molecule has 1 saturated heterocycles. The van der Waals surface area contributed by atoms with Gasteiger partial charge in [0.25, 0.3) is 5.91 Å². The normalized spacial score (nSPS) is 18.4. The number of nitrogens with zero attached hydrogens (tertiary/aromatic N) is 1. The maximum atomic E-state index is 11.9. The quantitative estimate of drug-likeness (QED) is 0.797. The van der Waals surface area contributed by atoms with Gasteiger partial charge in [-0.2, -0.15) is 0 Å². The molecule has 2 rings (SSSR count). The highest BCUT2D eigenvalue weighted by Gasteiger charge is 2.24. The van der Waals surface area contributed by atoms with Gasteiger partial charge in [0.15, 0.2) is 0 Å². The van der Waals surface area contributed by atoms with Crippen molar-refractivity contribution < 1.29 is 9.59 Å². The van der Waals surface area contributed by atoms with E-state index in [0.717, 1.165) is 19.4 Å². The van der Waals surface area contributed by atoms with Gasteiger partial charge in [-0.05, 0) is 44.0 Å². The topological polar surface area (TPSA) is 75.4 Å². The first kappa shape index (κ1) is 13.4. The fourth-order valence-corrected chi connectivity index (χ4v) is 2.30. The van der Waals surface area contributed by atoms with Gasteiger partial charge in [-0.3, -0.25) is 9.59 Å². The van der Waals surface area contributed by atoms with Crippen LogP contribution in [0.3, 0.4) is 0 Å². The van der Waals surface area contributed by atoms with Gasteiger partial charge in [-0.15, -0.1) is 0 Å². The van der Waals surface area contributed by atoms with Crippen LogP contribution in [0, 0.1) is 0 Å². The van der Waals surface area contributed by atoms with Crippen molar-refractivity contribution >= 4 is 17.5 Å². The summed E-state index contributed by atoms with van der Waals surface area (Å²) in [5.74, 6) is -0.269. The van der Waals surface area contributed by atoms with Crippen LogP contribution < -0.4 is 11.1 Å². The van der Waals surface area contributed by atoms with E-state index in [2.05, 4.69) is 5.32 Å². The van der Waals surface area contributed by atoms with Crippen LogP contribution in [0.2, 0.25) is 0 Å². The van der Waals surface area contributed by atoms with Crippen molar-refractivity contribution in [2.24, 2.45) is 0 Å². The second-order valence-corrected chi connectivity index (χ2v) is 4.88. The lowest BCUT2D eigenvalue weighted by Crippen LogP contribution is -2.41. The third-order valence-corrected chi connectivity index (χ3v) is 3.45. The van der Waals surface area contributed by atoms with Gasteiger partial charge in [0.05, 0.1) is 6.54 Å². The summed E-state index contributed by atoms with van der Waals surface area (Å²) in [6.45, 7) is 2.87. The molecule has 19 heavy (non-hydrogen) atoms. The van der Waals surface area contributed by atoms with Gasteiger partial charge >= 0.3 is 0 Å². The van der Waals surface area contributed by atoms with Crippen LogP contribution in [0.25, 0.3) is 0 Å². The van der Waals surface area contributed by atoms with Crippen LogP contribution in [-0.4, -0.2) is 35.8 Å². The number of hydrogen-bond acceptors (Lipinski definition) is 3. The average Bonchev–Trinajstić information content (AvgIpc) is 2.83. The number of benzene rings is 1. The lowest BCUT2D eigenvalue weighted by molar-refractivity contribution is -0.130. The van der Waals surface area contributed by atoms with Crippen molar-refractivity contribution in [1.82, 2.24) is 10.2 Å². The van der Waals surface area contributed by atoms with Gasteiger partial charge in [0, 0.05) is 23.8 Å². The third-order valence-electron chi connectivity index (χ3n) is 3.45. The van der Waals surface area contributed by atoms with E-state index in [1.807, 2.05) is 11.8 Å². The summed E-state index contributed by atoms with van der Waals surface area (Å²) in [5.41, 5.74) is 6.67. The molecule has 0 bridgehead atoms. The summed E-state index contributed by atoms with van der Waals surface area (Å²) < 4.78 is 0. The van der Waals surface area contributed by atoms with E-state index in [1.165, 1.54) is 0 Å². The maximum absolute atomic E-state index is 11.9. The van der Waals surface area contributed by atoms with Gasteiger partial charge in [-0.25, -0.2) is 0 Å². The van der Waals surface area contributed by atoms with Crippen molar-refractivity contribution in [3.63, 3.8) is 0 Å². The smallest absolute Gasteiger partial charge is 0.251 e. The molecule has 1 heterocycles. The molecule has 1 atom stereocenters. The summed E-state index contributed by atoms with van der Waals surface area (Å²) in [5, 5.41) is 2.64. The van der Waals surface area contributed by atoms with Crippen LogP contribution in [-0.2, 0) is 4.79 Å². The monoisotopic (exact) mass is 261 g/mol. The average molecular weight is 261 g/mol. The number of nitrogen functional groups attached to an aromatic ring is 1. The minimum absolute atomic E-state index is 0.0196. The van der Waals surface area contributed by atoms with E-state index >= 15 is 0 Å². The highest BCUT2D eigenvalue weighted by Crippen LogP contribution is 2.15. The van der Waals surface area contributed by atoms with Crippen molar-refractivity contribution in [2.45, 2.75) is 25.8 Å². The Balaban J connectivity index is 1.86. The molecule has 2 amide bonds. The Labute approximate surface area is 112 Å². The van der Waals surface area contributed by atoms with Crippen molar-refractivity contribution in [2.75, 3.05) is 18.8 Å². The molecule has 1 aliphatic rings. The van der Waals surface area contributed by atoms with Crippen LogP contribution in [0.15, 0.2) is 24.3 Å². The van der Waals surface area contributed by atoms with Crippen molar-refractivity contribution in [3.8, 4) is 0 Å². The number of anilines is 1. The van der Waals surface area contributed by atoms with E-state index in [4.69, 9.17) is 5.73 Å². The molecule has 0 spiro atoms. The molecule has 0 radical (unpaired) electrons. The molecule has 0 aromatic heterocycles. The number of nitrogens with two attached hydrogens (primary N) is 1. The number of carbonyl (C=O) groups is 2. The Kier molecular flexibility index (Phi) is 4.04. The molecule has 1 aliphatic heterocycles. The molecule has 0 aliphatic carbocycles. The lowest BCUT2D eigenvalue weighted by atomic mass is 10.2. The fraction of sp³-hybridized carbons (Fsp3) is 0.429. The molecule has 3 N–H and O–H groups in total. The first-order valence-electron chi connectivity index (χ1n) is 6.51. The zero-order valence-corrected chi connectivity index (χ0v) is 11.1. The van der Waals surface area contributed by atoms with Crippen molar-refractivity contribution in [3.05, 3.63) is 29.8 Å². The Morgan fingerprint density at radius 3 is 2.63 bits per heavy atom. The van der Waals surface area contributed by atoms with Crippen molar-refractivity contribution in [1.29, 1.82) is 0 Å². The number of carbonyl (C=O) groups excluding carboxylic acids is 2. The summed E-state index contributed by atoms with van der Waals surface area (Å²) in [6.07, 6.45) is 2.08. The predicted octanol–water partition coefficient (Wildman–Crippen LogP) is 1.01. The molecule has 1 aromatic rings. The standard InChI is InChI=1S/C14H19N3O2/c1-10-3-2-8-17(10)13(18)9-16-14(19)11-4-6-12(15)7-5-11/h4-7,10H,2-3,8-9,15H2,1H3,(H,16,19). The molecular formula is C14H19N3O2. The molecule has 1 unspecified atom stereocenters. The number of rotatable bonds is 3. The van der Waals surface area contributed by atoms with Gasteiger partial charge in [0.2, 0.25) is 5.91 Å². The zero-order valence-electron chi connectivity index (χ0n) is 11.1. The maximum Gasteiger partial charge on any atom is 0.251 e. The van der Waals surface area contributed by atoms with Crippen LogP contribution in [0.5, 0.6) is 0 Å². The second kappa shape index (κ2) is 5.73. The largest absolute Gasteiger partial charge is 0.399 e. The van der Waals surface area contributed by atoms with E-state index in [1.54, 1.807) is 24.3 Å². The third kappa shape index (κ3) is 3.24. The molecular weight excluding hydrogens is 242 g/mol. The van der Waals surface area contributed by atoms with Crippen LogP contribution in [0.4, 0.5) is 5.69 Å². The summed E-state index contributed by atoms with van der Waals surface area (Å²) in [6, 6.07) is 6.90. The van der Waals surface area contributed by atoms with Crippen LogP contribution >= 0.6 is 0 Å². The van der Waals surface area contributed by atoms with E-state index in [9.17, 15) is 9.59 Å².